The van der Waals surface area contributed by atoms with E-state index in [1.807, 2.05) is 24.3 Å². The predicted octanol–water partition coefficient (Wildman–Crippen LogP) is 5.53. The normalized spacial score (nSPS) is 9.70. The molecule has 0 nitrogen and oxygen atoms in total. The molecule has 0 saturated heterocycles. The van der Waals surface area contributed by atoms with E-state index in [9.17, 15) is 0 Å². The molecule has 0 heterocycles. The molecule has 0 amide bonds. The maximum Gasteiger partial charge on any atom is 1.00 e. The second kappa shape index (κ2) is 12.3. The van der Waals surface area contributed by atoms with Gasteiger partial charge in [0, 0.05) is 0 Å². The molecule has 138 valence electrons. The van der Waals surface area contributed by atoms with Crippen LogP contribution in [0.4, 0.5) is 0 Å². The Hall–Kier alpha value is -1.22. The summed E-state index contributed by atoms with van der Waals surface area (Å²) >= 11 is 2.22. The minimum atomic E-state index is -0.446. The molecule has 0 aliphatic carbocycles. The van der Waals surface area contributed by atoms with Crippen LogP contribution in [0.5, 0.6) is 0 Å². The standard InChI is InChI=1S/C18H15P.C6H4I.Au/c1-4-10-16(11-5-1)19(17-12-6-2-7-13-17)18-14-8-3-9-15-18;7-6-4-2-1-3-5-6;/h1-15H;1-4H;/q;-1;+1. The van der Waals surface area contributed by atoms with Crippen LogP contribution in [0.3, 0.4) is 0 Å². The van der Waals surface area contributed by atoms with Gasteiger partial charge in [0.1, 0.15) is 0 Å². The molecular weight excluding hydrogens is 643 g/mol. The van der Waals surface area contributed by atoms with Crippen LogP contribution >= 0.6 is 30.5 Å². The van der Waals surface area contributed by atoms with Gasteiger partial charge < -0.3 is 0 Å². The Balaban J connectivity index is 0.000000278. The van der Waals surface area contributed by atoms with E-state index < -0.39 is 7.92 Å². The van der Waals surface area contributed by atoms with Gasteiger partial charge in [-0.2, -0.15) is 30.3 Å². The molecule has 0 unspecified atom stereocenters. The molecule has 4 aromatic carbocycles. The zero-order valence-electron chi connectivity index (χ0n) is 14.6. The summed E-state index contributed by atoms with van der Waals surface area (Å²) in [7, 11) is -0.446. The first-order chi connectivity index (χ1) is 12.8. The molecule has 0 radical (unpaired) electrons. The minimum Gasteiger partial charge on any atom is -0.176 e. The fourth-order valence-electron chi connectivity index (χ4n) is 2.55. The van der Waals surface area contributed by atoms with Crippen LogP contribution in [0.15, 0.2) is 115 Å². The first-order valence-electron chi connectivity index (χ1n) is 8.42. The minimum absolute atomic E-state index is 0. The van der Waals surface area contributed by atoms with Crippen molar-refractivity contribution in [3.63, 3.8) is 0 Å². The van der Waals surface area contributed by atoms with Crippen molar-refractivity contribution in [3.05, 3.63) is 125 Å². The van der Waals surface area contributed by atoms with Gasteiger partial charge in [-0.15, -0.1) is 3.57 Å². The van der Waals surface area contributed by atoms with Crippen LogP contribution in [0, 0.1) is 9.64 Å². The largest absolute Gasteiger partial charge is 1.00 e. The van der Waals surface area contributed by atoms with Crippen LogP contribution in [0.2, 0.25) is 0 Å². The number of benzene rings is 4. The molecule has 0 aromatic heterocycles. The predicted molar refractivity (Wildman–Crippen MR) is 123 cm³/mol. The van der Waals surface area contributed by atoms with E-state index in [4.69, 9.17) is 0 Å². The molecule has 0 atom stereocenters. The molecule has 27 heavy (non-hydrogen) atoms. The summed E-state index contributed by atoms with van der Waals surface area (Å²) in [6.07, 6.45) is 0. The van der Waals surface area contributed by atoms with Crippen molar-refractivity contribution in [2.24, 2.45) is 0 Å². The molecule has 0 saturated carbocycles. The quantitative estimate of drug-likeness (QED) is 0.117. The number of rotatable bonds is 3. The van der Waals surface area contributed by atoms with E-state index in [2.05, 4.69) is 120 Å². The average molecular weight is 662 g/mol. The van der Waals surface area contributed by atoms with Crippen LogP contribution in [-0.2, 0) is 22.4 Å². The van der Waals surface area contributed by atoms with Crippen molar-refractivity contribution in [1.29, 1.82) is 0 Å². The Morgan fingerprint density at radius 3 is 1.15 bits per heavy atom. The van der Waals surface area contributed by atoms with E-state index in [0.29, 0.717) is 0 Å². The number of hydrogen-bond acceptors (Lipinski definition) is 0. The van der Waals surface area contributed by atoms with Crippen LogP contribution < -0.4 is 15.9 Å². The molecule has 0 bridgehead atoms. The second-order valence-corrected chi connectivity index (χ2v) is 8.93. The summed E-state index contributed by atoms with van der Waals surface area (Å²) < 4.78 is 1.17. The smallest absolute Gasteiger partial charge is 0.176 e. The summed E-state index contributed by atoms with van der Waals surface area (Å²) in [5.74, 6) is 0. The van der Waals surface area contributed by atoms with Crippen molar-refractivity contribution in [1.82, 2.24) is 0 Å². The molecule has 4 rings (SSSR count). The Bertz CT molecular complexity index is 790. The molecule has 0 aliphatic rings. The fourth-order valence-corrected chi connectivity index (χ4v) is 5.24. The summed E-state index contributed by atoms with van der Waals surface area (Å²) in [6, 6.07) is 43.2. The molecular formula is C24H19AuIP. The zero-order chi connectivity index (χ0) is 18.0. The first-order valence-corrected chi connectivity index (χ1v) is 10.8. The Morgan fingerprint density at radius 1 is 0.519 bits per heavy atom. The van der Waals surface area contributed by atoms with Gasteiger partial charge in [0.15, 0.2) is 0 Å². The Labute approximate surface area is 192 Å². The summed E-state index contributed by atoms with van der Waals surface area (Å²) in [5.41, 5.74) is 0. The molecule has 0 fully saturated rings. The third kappa shape index (κ3) is 7.03. The van der Waals surface area contributed by atoms with Crippen LogP contribution in [0.1, 0.15) is 0 Å². The average Bonchev–Trinajstić information content (AvgIpc) is 2.72. The van der Waals surface area contributed by atoms with Gasteiger partial charge in [-0.05, 0) is 23.8 Å². The third-order valence-corrected chi connectivity index (χ3v) is 6.83. The number of halogens is 1. The van der Waals surface area contributed by atoms with E-state index >= 15 is 0 Å². The van der Waals surface area contributed by atoms with Crippen molar-refractivity contribution in [2.75, 3.05) is 0 Å². The van der Waals surface area contributed by atoms with Gasteiger partial charge in [0.05, 0.1) is 0 Å². The third-order valence-electron chi connectivity index (χ3n) is 3.71. The maximum atomic E-state index is 3.02. The molecule has 3 heteroatoms. The summed E-state index contributed by atoms with van der Waals surface area (Å²) in [4.78, 5) is 0. The topological polar surface area (TPSA) is 0 Å². The van der Waals surface area contributed by atoms with E-state index in [0.717, 1.165) is 0 Å². The monoisotopic (exact) mass is 662 g/mol. The van der Waals surface area contributed by atoms with Crippen LogP contribution in [-0.4, -0.2) is 0 Å². The van der Waals surface area contributed by atoms with Gasteiger partial charge in [-0.1, -0.05) is 114 Å². The van der Waals surface area contributed by atoms with Crippen molar-refractivity contribution in [2.45, 2.75) is 0 Å². The van der Waals surface area contributed by atoms with Crippen LogP contribution in [0.25, 0.3) is 0 Å². The van der Waals surface area contributed by atoms with Gasteiger partial charge in [0.2, 0.25) is 0 Å². The van der Waals surface area contributed by atoms with Gasteiger partial charge in [-0.3, -0.25) is 0 Å². The summed E-state index contributed by atoms with van der Waals surface area (Å²) in [6.45, 7) is 0. The van der Waals surface area contributed by atoms with Crippen molar-refractivity contribution < 1.29 is 22.4 Å². The van der Waals surface area contributed by atoms with Crippen molar-refractivity contribution in [3.8, 4) is 0 Å². The SMILES string of the molecule is Ic1[c-]cccc1.[Au+].c1ccc(P(c2ccccc2)c2ccccc2)cc1. The van der Waals surface area contributed by atoms with Crippen molar-refractivity contribution >= 4 is 46.4 Å². The van der Waals surface area contributed by atoms with Gasteiger partial charge in [-0.25, -0.2) is 0 Å². The number of hydrogen-bond donors (Lipinski definition) is 0. The zero-order valence-corrected chi connectivity index (χ0v) is 19.8. The van der Waals surface area contributed by atoms with Gasteiger partial charge >= 0.3 is 22.4 Å². The fraction of sp³-hybridized carbons (Fsp3) is 0. The van der Waals surface area contributed by atoms with Gasteiger partial charge in [0.25, 0.3) is 0 Å². The van der Waals surface area contributed by atoms with E-state index in [-0.39, 0.29) is 22.4 Å². The Kier molecular flexibility index (Phi) is 10.0. The molecule has 0 aliphatic heterocycles. The first kappa shape index (κ1) is 22.1. The van der Waals surface area contributed by atoms with E-state index in [1.165, 1.54) is 19.5 Å². The maximum absolute atomic E-state index is 3.02. The second-order valence-electron chi connectivity index (χ2n) is 5.55. The molecule has 0 spiro atoms. The Morgan fingerprint density at radius 2 is 0.889 bits per heavy atom. The summed E-state index contributed by atoms with van der Waals surface area (Å²) in [5, 5.41) is 4.19. The van der Waals surface area contributed by atoms with E-state index in [1.54, 1.807) is 0 Å². The molecule has 0 N–H and O–H groups in total. The molecule has 4 aromatic rings.